The fourth-order valence-electron chi connectivity index (χ4n) is 11.6. The van der Waals surface area contributed by atoms with Gasteiger partial charge in [0.1, 0.15) is 6.10 Å². The van der Waals surface area contributed by atoms with Crippen LogP contribution in [0.25, 0.3) is 0 Å². The van der Waals surface area contributed by atoms with E-state index in [4.69, 9.17) is 9.47 Å². The van der Waals surface area contributed by atoms with E-state index in [1.165, 1.54) is 0 Å². The highest BCUT2D eigenvalue weighted by atomic mass is 127. The Morgan fingerprint density at radius 1 is 0.932 bits per heavy atom. The first-order valence-corrected chi connectivity index (χ1v) is 18.3. The van der Waals surface area contributed by atoms with Crippen LogP contribution < -0.4 is 0 Å². The lowest BCUT2D eigenvalue weighted by Crippen LogP contribution is -2.66. The van der Waals surface area contributed by atoms with Crippen LogP contribution in [0.5, 0.6) is 0 Å². The molecule has 0 unspecified atom stereocenters. The van der Waals surface area contributed by atoms with Crippen molar-refractivity contribution >= 4 is 28.6 Å². The quantitative estimate of drug-likeness (QED) is 0.207. The van der Waals surface area contributed by atoms with E-state index in [1.54, 1.807) is 7.11 Å². The van der Waals surface area contributed by atoms with Gasteiger partial charge in [0.05, 0.1) is 22.9 Å². The molecule has 6 heteroatoms. The summed E-state index contributed by atoms with van der Waals surface area (Å²) >= 11 is 2.26. The molecule has 0 aromatic heterocycles. The molecule has 4 aliphatic carbocycles. The number of esters is 1. The fourth-order valence-corrected chi connectivity index (χ4v) is 11.9. The van der Waals surface area contributed by atoms with E-state index in [1.807, 2.05) is 31.2 Å². The number of halogens is 1. The Bertz CT molecular complexity index is 1210. The number of carbonyl (C=O) groups is 1. The van der Waals surface area contributed by atoms with Crippen molar-refractivity contribution in [1.82, 2.24) is 0 Å². The second-order valence-corrected chi connectivity index (χ2v) is 18.6. The molecule has 4 aliphatic rings. The van der Waals surface area contributed by atoms with Gasteiger partial charge in [-0.1, -0.05) is 34.6 Å². The molecular formula is C38H59IO5. The van der Waals surface area contributed by atoms with Gasteiger partial charge in [-0.25, -0.2) is 4.79 Å². The zero-order valence-electron chi connectivity index (χ0n) is 28.8. The van der Waals surface area contributed by atoms with E-state index in [9.17, 15) is 15.0 Å². The van der Waals surface area contributed by atoms with Gasteiger partial charge in [-0.3, -0.25) is 0 Å². The summed E-state index contributed by atoms with van der Waals surface area (Å²) in [5.41, 5.74) is -0.414. The van der Waals surface area contributed by atoms with Crippen LogP contribution in [0.1, 0.15) is 130 Å². The number of benzene rings is 1. The summed E-state index contributed by atoms with van der Waals surface area (Å²) < 4.78 is 13.0. The van der Waals surface area contributed by atoms with Crippen molar-refractivity contribution in [3.63, 3.8) is 0 Å². The number of aliphatic hydroxyl groups is 2. The van der Waals surface area contributed by atoms with Gasteiger partial charge < -0.3 is 19.7 Å². The first-order valence-electron chi connectivity index (χ1n) is 17.2. The number of methoxy groups -OCH3 is 1. The monoisotopic (exact) mass is 722 g/mol. The number of fused-ring (bicyclic) bond motifs is 5. The molecule has 5 nitrogen and oxygen atoms in total. The maximum Gasteiger partial charge on any atom is 0.338 e. The van der Waals surface area contributed by atoms with E-state index in [0.29, 0.717) is 17.4 Å². The van der Waals surface area contributed by atoms with Gasteiger partial charge in [-0.05, 0) is 172 Å². The molecule has 2 N–H and O–H groups in total. The molecule has 0 bridgehead atoms. The number of hydrogen-bond donors (Lipinski definition) is 2. The van der Waals surface area contributed by atoms with Crippen LogP contribution >= 0.6 is 22.6 Å². The smallest absolute Gasteiger partial charge is 0.338 e. The molecule has 4 fully saturated rings. The molecule has 0 heterocycles. The molecule has 4 saturated carbocycles. The van der Waals surface area contributed by atoms with E-state index in [2.05, 4.69) is 71.1 Å². The number of aliphatic hydroxyl groups excluding tert-OH is 1. The Labute approximate surface area is 280 Å². The summed E-state index contributed by atoms with van der Waals surface area (Å²) in [4.78, 5) is 13.2. The van der Waals surface area contributed by atoms with Gasteiger partial charge in [0.15, 0.2) is 0 Å². The van der Waals surface area contributed by atoms with Crippen molar-refractivity contribution in [3.8, 4) is 0 Å². The Kier molecular flexibility index (Phi) is 9.26. The van der Waals surface area contributed by atoms with E-state index < -0.39 is 11.7 Å². The van der Waals surface area contributed by atoms with Crippen molar-refractivity contribution in [2.45, 2.75) is 143 Å². The normalized spacial score (nSPS) is 41.2. The zero-order valence-corrected chi connectivity index (χ0v) is 31.0. The molecule has 0 amide bonds. The maximum atomic E-state index is 13.2. The maximum absolute atomic E-state index is 13.2. The third-order valence-electron chi connectivity index (χ3n) is 14.5. The lowest BCUT2D eigenvalue weighted by Gasteiger charge is -2.70. The first-order chi connectivity index (χ1) is 20.3. The minimum atomic E-state index is -0.807. The van der Waals surface area contributed by atoms with Crippen LogP contribution in [0.3, 0.4) is 0 Å². The summed E-state index contributed by atoms with van der Waals surface area (Å²) in [5.74, 6) is 0.788. The van der Waals surface area contributed by atoms with Crippen molar-refractivity contribution < 1.29 is 24.5 Å². The van der Waals surface area contributed by atoms with Gasteiger partial charge in [-0.2, -0.15) is 0 Å². The average Bonchev–Trinajstić information content (AvgIpc) is 3.32. The molecule has 44 heavy (non-hydrogen) atoms. The van der Waals surface area contributed by atoms with Crippen LogP contribution in [0.2, 0.25) is 0 Å². The number of hydrogen-bond acceptors (Lipinski definition) is 5. The molecule has 248 valence electrons. The first kappa shape index (κ1) is 34.6. The van der Waals surface area contributed by atoms with Gasteiger partial charge in [0.2, 0.25) is 0 Å². The summed E-state index contributed by atoms with van der Waals surface area (Å²) in [6, 6.07) is 7.64. The minimum Gasteiger partial charge on any atom is -0.458 e. The van der Waals surface area contributed by atoms with Crippen molar-refractivity contribution in [2.75, 3.05) is 7.11 Å². The van der Waals surface area contributed by atoms with Crippen LogP contribution in [0, 0.1) is 48.9 Å². The van der Waals surface area contributed by atoms with Gasteiger partial charge >= 0.3 is 5.97 Å². The molecule has 5 rings (SSSR count). The molecule has 0 spiro atoms. The summed E-state index contributed by atoms with van der Waals surface area (Å²) in [6.07, 6.45) is 8.96. The van der Waals surface area contributed by atoms with E-state index in [0.717, 1.165) is 67.8 Å². The van der Waals surface area contributed by atoms with Crippen LogP contribution in [0.4, 0.5) is 0 Å². The topological polar surface area (TPSA) is 76.0 Å². The Morgan fingerprint density at radius 2 is 1.57 bits per heavy atom. The highest BCUT2D eigenvalue weighted by molar-refractivity contribution is 14.1. The summed E-state index contributed by atoms with van der Waals surface area (Å²) in [6.45, 7) is 18.4. The average molecular weight is 723 g/mol. The SMILES string of the molecule is COC(C)(C)CCC[C@@](C)(O)[C@H]1CC[C@]2(C)[C@@H]1[C@H](O)C[C@@H]1[C@@]3(C)CC[C@H](OC(=O)c4ccc(I)cc4)C(C)(C)[C@@H]3CC[C@]12C. The Hall–Kier alpha value is -0.700. The Balaban J connectivity index is 1.35. The van der Waals surface area contributed by atoms with Crippen molar-refractivity contribution in [1.29, 1.82) is 0 Å². The molecule has 10 atom stereocenters. The van der Waals surface area contributed by atoms with Gasteiger partial charge in [0.25, 0.3) is 0 Å². The number of rotatable bonds is 8. The van der Waals surface area contributed by atoms with Crippen LogP contribution in [-0.2, 0) is 9.47 Å². The van der Waals surface area contributed by atoms with E-state index in [-0.39, 0.29) is 51.2 Å². The highest BCUT2D eigenvalue weighted by Gasteiger charge is 2.71. The molecule has 0 saturated heterocycles. The minimum absolute atomic E-state index is 0.0257. The molecule has 1 aromatic carbocycles. The zero-order chi connectivity index (χ0) is 32.5. The standard InChI is InChI=1S/C38H59IO5/c1-33(2,43-9)18-10-19-38(8,42)26-15-21-37(7)31(26)27(40)23-29-35(5)20-17-30(34(3,4)28(35)16-22-36(29,37)6)44-32(41)24-11-13-25(39)14-12-24/h11-14,26-31,40,42H,10,15-23H2,1-9H3/t26-,27+,28-,29+,30-,31-,35-,36+,37+,38+/m0/s1. The van der Waals surface area contributed by atoms with Crippen LogP contribution in [-0.4, -0.2) is 46.7 Å². The summed E-state index contributed by atoms with van der Waals surface area (Å²) in [5, 5.41) is 24.0. The second kappa shape index (κ2) is 11.8. The summed E-state index contributed by atoms with van der Waals surface area (Å²) in [7, 11) is 1.76. The lowest BCUT2D eigenvalue weighted by atomic mass is 9.35. The third-order valence-corrected chi connectivity index (χ3v) is 15.2. The molecular weight excluding hydrogens is 663 g/mol. The van der Waals surface area contributed by atoms with Crippen LogP contribution in [0.15, 0.2) is 24.3 Å². The van der Waals surface area contributed by atoms with E-state index >= 15 is 0 Å². The third kappa shape index (κ3) is 5.61. The fraction of sp³-hybridized carbons (Fsp3) is 0.816. The van der Waals surface area contributed by atoms with Crippen molar-refractivity contribution in [2.24, 2.45) is 45.3 Å². The molecule has 0 aliphatic heterocycles. The predicted molar refractivity (Wildman–Crippen MR) is 184 cm³/mol. The largest absolute Gasteiger partial charge is 0.458 e. The second-order valence-electron chi connectivity index (χ2n) is 17.4. The highest BCUT2D eigenvalue weighted by Crippen LogP contribution is 2.76. The molecule has 1 aromatic rings. The Morgan fingerprint density at radius 3 is 2.20 bits per heavy atom. The lowest BCUT2D eigenvalue weighted by molar-refractivity contribution is -0.246. The van der Waals surface area contributed by atoms with Gasteiger partial charge in [0, 0.05) is 16.1 Å². The van der Waals surface area contributed by atoms with Crippen molar-refractivity contribution in [3.05, 3.63) is 33.4 Å². The van der Waals surface area contributed by atoms with Gasteiger partial charge in [-0.15, -0.1) is 0 Å². The molecule has 0 radical (unpaired) electrons. The number of ether oxygens (including phenoxy) is 2. The predicted octanol–water partition coefficient (Wildman–Crippen LogP) is 8.82. The number of carbonyl (C=O) groups excluding carboxylic acids is 1.